The van der Waals surface area contributed by atoms with Crippen molar-refractivity contribution in [3.05, 3.63) is 42.4 Å². The Morgan fingerprint density at radius 1 is 1.32 bits per heavy atom. The Hall–Kier alpha value is -3.16. The number of benzene rings is 1. The van der Waals surface area contributed by atoms with Gasteiger partial charge < -0.3 is 9.47 Å². The smallest absolute Gasteiger partial charge is 0.422 e. The van der Waals surface area contributed by atoms with Gasteiger partial charge in [0.15, 0.2) is 6.33 Å². The Morgan fingerprint density at radius 2 is 2.09 bits per heavy atom. The van der Waals surface area contributed by atoms with Crippen LogP contribution in [0.5, 0.6) is 11.8 Å². The van der Waals surface area contributed by atoms with Crippen molar-refractivity contribution in [1.29, 1.82) is 0 Å². The summed E-state index contributed by atoms with van der Waals surface area (Å²) in [6, 6.07) is 6.67. The molecule has 0 spiro atoms. The molecule has 1 N–H and O–H groups in total. The second kappa shape index (κ2) is 7.02. The molecule has 0 saturated carbocycles. The molecule has 0 unspecified atom stereocenters. The second-order valence-electron chi connectivity index (χ2n) is 4.08. The maximum absolute atomic E-state index is 12.1. The minimum atomic E-state index is -0.615. The predicted octanol–water partition coefficient (Wildman–Crippen LogP) is 1.51. The van der Waals surface area contributed by atoms with Crippen molar-refractivity contribution in [1.82, 2.24) is 15.5 Å². The minimum Gasteiger partial charge on any atom is -0.504 e. The quantitative estimate of drug-likeness (QED) is 0.659. The largest absolute Gasteiger partial charge is 0.504 e. The zero-order chi connectivity index (χ0) is 15.9. The molecule has 1 aromatic carbocycles. The molecular formula is C14H13N3O5. The molecule has 22 heavy (non-hydrogen) atoms. The molecule has 0 aliphatic carbocycles. The van der Waals surface area contributed by atoms with Gasteiger partial charge in [-0.1, -0.05) is 23.4 Å². The number of amides is 2. The van der Waals surface area contributed by atoms with Gasteiger partial charge in [0, 0.05) is 12.5 Å². The molecule has 1 aromatic heterocycles. The Morgan fingerprint density at radius 3 is 2.73 bits per heavy atom. The SMILES string of the molecule is CO/C=C(/C(=O)NC(C)=O)c1ccccc1Oc1ncno1. The fraction of sp³-hybridized carbons (Fsp3) is 0.143. The number of aromatic nitrogens is 2. The lowest BCUT2D eigenvalue weighted by atomic mass is 10.1. The van der Waals surface area contributed by atoms with E-state index in [1.807, 2.05) is 0 Å². The zero-order valence-electron chi connectivity index (χ0n) is 11.9. The molecule has 0 aliphatic rings. The number of imide groups is 1. The monoisotopic (exact) mass is 303 g/mol. The van der Waals surface area contributed by atoms with Crippen LogP contribution in [0, 0.1) is 0 Å². The fourth-order valence-corrected chi connectivity index (χ4v) is 1.66. The number of carbonyl (C=O) groups is 2. The van der Waals surface area contributed by atoms with E-state index < -0.39 is 11.8 Å². The van der Waals surface area contributed by atoms with Crippen LogP contribution in [0.1, 0.15) is 12.5 Å². The number of methoxy groups -OCH3 is 1. The van der Waals surface area contributed by atoms with Crippen LogP contribution in [-0.2, 0) is 14.3 Å². The van der Waals surface area contributed by atoms with Crippen LogP contribution in [0.25, 0.3) is 5.57 Å². The number of ether oxygens (including phenoxy) is 2. The van der Waals surface area contributed by atoms with Gasteiger partial charge in [-0.2, -0.15) is 4.98 Å². The third-order valence-electron chi connectivity index (χ3n) is 2.49. The third kappa shape index (κ3) is 3.69. The van der Waals surface area contributed by atoms with E-state index in [0.717, 1.165) is 0 Å². The van der Waals surface area contributed by atoms with Crippen LogP contribution in [0.4, 0.5) is 0 Å². The Bertz CT molecular complexity index is 694. The van der Waals surface area contributed by atoms with Crippen molar-refractivity contribution in [2.45, 2.75) is 6.92 Å². The van der Waals surface area contributed by atoms with Crippen LogP contribution in [0.2, 0.25) is 0 Å². The minimum absolute atomic E-state index is 0.0730. The number of hydrogen-bond donors (Lipinski definition) is 1. The van der Waals surface area contributed by atoms with Gasteiger partial charge in [-0.3, -0.25) is 19.4 Å². The van der Waals surface area contributed by atoms with Crippen molar-refractivity contribution in [3.63, 3.8) is 0 Å². The van der Waals surface area contributed by atoms with E-state index in [1.165, 1.54) is 26.6 Å². The summed E-state index contributed by atoms with van der Waals surface area (Å²) >= 11 is 0. The van der Waals surface area contributed by atoms with Crippen LogP contribution in [0.3, 0.4) is 0 Å². The number of hydrogen-bond acceptors (Lipinski definition) is 7. The average Bonchev–Trinajstić information content (AvgIpc) is 2.98. The molecular weight excluding hydrogens is 290 g/mol. The van der Waals surface area contributed by atoms with E-state index in [1.54, 1.807) is 24.3 Å². The Kier molecular flexibility index (Phi) is 4.86. The van der Waals surface area contributed by atoms with Crippen LogP contribution in [-0.4, -0.2) is 29.1 Å². The highest BCUT2D eigenvalue weighted by molar-refractivity contribution is 6.23. The summed E-state index contributed by atoms with van der Waals surface area (Å²) in [5.41, 5.74) is 0.522. The van der Waals surface area contributed by atoms with E-state index in [9.17, 15) is 9.59 Å². The molecule has 0 bridgehead atoms. The van der Waals surface area contributed by atoms with Crippen molar-refractivity contribution in [3.8, 4) is 11.8 Å². The lowest BCUT2D eigenvalue weighted by Crippen LogP contribution is -2.29. The van der Waals surface area contributed by atoms with E-state index in [-0.39, 0.29) is 11.6 Å². The zero-order valence-corrected chi connectivity index (χ0v) is 11.9. The van der Waals surface area contributed by atoms with Gasteiger partial charge in [-0.25, -0.2) is 0 Å². The van der Waals surface area contributed by atoms with Crippen molar-refractivity contribution in [2.24, 2.45) is 0 Å². The summed E-state index contributed by atoms with van der Waals surface area (Å²) in [5, 5.41) is 5.61. The van der Waals surface area contributed by atoms with E-state index in [2.05, 4.69) is 15.5 Å². The molecule has 0 atom stereocenters. The van der Waals surface area contributed by atoms with Gasteiger partial charge in [0.25, 0.3) is 5.91 Å². The van der Waals surface area contributed by atoms with Gasteiger partial charge in [-0.15, -0.1) is 0 Å². The van der Waals surface area contributed by atoms with Crippen LogP contribution >= 0.6 is 0 Å². The molecule has 2 amide bonds. The Labute approximate surface area is 125 Å². The summed E-state index contributed by atoms with van der Waals surface area (Å²) < 4.78 is 15.1. The highest BCUT2D eigenvalue weighted by Gasteiger charge is 2.19. The predicted molar refractivity (Wildman–Crippen MR) is 74.6 cm³/mol. The van der Waals surface area contributed by atoms with Gasteiger partial charge in [0.2, 0.25) is 5.91 Å². The average molecular weight is 303 g/mol. The van der Waals surface area contributed by atoms with Gasteiger partial charge in [-0.05, 0) is 6.07 Å². The molecule has 0 saturated heterocycles. The number of para-hydroxylation sites is 1. The molecule has 8 nitrogen and oxygen atoms in total. The first kappa shape index (κ1) is 15.2. The normalized spacial score (nSPS) is 10.9. The van der Waals surface area contributed by atoms with E-state index in [4.69, 9.17) is 14.0 Å². The maximum atomic E-state index is 12.1. The fourth-order valence-electron chi connectivity index (χ4n) is 1.66. The molecule has 1 heterocycles. The standard InChI is InChI=1S/C14H13N3O5/c1-9(18)17-13(19)11(7-20-2)10-5-3-4-6-12(10)21-14-15-8-16-22-14/h3-8H,1-2H3,(H,17,18,19)/b11-7+. The summed E-state index contributed by atoms with van der Waals surface area (Å²) in [7, 11) is 1.39. The molecule has 114 valence electrons. The van der Waals surface area contributed by atoms with Gasteiger partial charge >= 0.3 is 6.08 Å². The molecule has 2 rings (SSSR count). The number of rotatable bonds is 5. The first-order chi connectivity index (χ1) is 10.6. The van der Waals surface area contributed by atoms with E-state index >= 15 is 0 Å². The molecule has 8 heteroatoms. The van der Waals surface area contributed by atoms with Crippen LogP contribution in [0.15, 0.2) is 41.4 Å². The highest BCUT2D eigenvalue weighted by atomic mass is 16.6. The van der Waals surface area contributed by atoms with Gasteiger partial charge in [0.05, 0.1) is 18.9 Å². The first-order valence-electron chi connectivity index (χ1n) is 6.20. The highest BCUT2D eigenvalue weighted by Crippen LogP contribution is 2.29. The summed E-state index contributed by atoms with van der Waals surface area (Å²) in [4.78, 5) is 26.9. The van der Waals surface area contributed by atoms with Crippen LogP contribution < -0.4 is 10.1 Å². The van der Waals surface area contributed by atoms with Crippen molar-refractivity contribution in [2.75, 3.05) is 7.11 Å². The second-order valence-corrected chi connectivity index (χ2v) is 4.08. The number of nitrogens with zero attached hydrogens (tertiary/aromatic N) is 2. The molecule has 2 aromatic rings. The Balaban J connectivity index is 2.37. The molecule has 0 aliphatic heterocycles. The topological polar surface area (TPSA) is 104 Å². The first-order valence-corrected chi connectivity index (χ1v) is 6.20. The molecule has 0 fully saturated rings. The summed E-state index contributed by atoms with van der Waals surface area (Å²) in [6.07, 6.45) is 2.33. The maximum Gasteiger partial charge on any atom is 0.422 e. The third-order valence-corrected chi connectivity index (χ3v) is 2.49. The van der Waals surface area contributed by atoms with E-state index in [0.29, 0.717) is 11.3 Å². The number of nitrogens with one attached hydrogen (secondary N) is 1. The summed E-state index contributed by atoms with van der Waals surface area (Å²) in [5.74, 6) is -0.799. The van der Waals surface area contributed by atoms with Crippen molar-refractivity contribution < 1.29 is 23.6 Å². The lowest BCUT2D eigenvalue weighted by molar-refractivity contribution is -0.126. The number of carbonyl (C=O) groups excluding carboxylic acids is 2. The van der Waals surface area contributed by atoms with Crippen molar-refractivity contribution >= 4 is 17.4 Å². The van der Waals surface area contributed by atoms with Gasteiger partial charge in [0.1, 0.15) is 5.75 Å². The summed E-state index contributed by atoms with van der Waals surface area (Å²) in [6.45, 7) is 1.24. The lowest BCUT2D eigenvalue weighted by Gasteiger charge is -2.11. The molecule has 0 radical (unpaired) electrons.